The van der Waals surface area contributed by atoms with Crippen molar-refractivity contribution in [2.24, 2.45) is 0 Å². The molecule has 0 spiro atoms. The smallest absolute Gasteiger partial charge is 0.268 e. The van der Waals surface area contributed by atoms with Crippen molar-refractivity contribution in [1.82, 2.24) is 20.4 Å². The fourth-order valence-electron chi connectivity index (χ4n) is 2.84. The molecule has 0 bridgehead atoms. The normalized spacial score (nSPS) is 10.8. The Morgan fingerprint density at radius 2 is 1.17 bits per heavy atom. The Labute approximate surface area is 138 Å². The second-order valence-corrected chi connectivity index (χ2v) is 5.58. The molecule has 0 saturated heterocycles. The van der Waals surface area contributed by atoms with Crippen LogP contribution in [0.2, 0.25) is 0 Å². The van der Waals surface area contributed by atoms with Gasteiger partial charge in [-0.2, -0.15) is 0 Å². The number of hydrogen-bond donors (Lipinski definition) is 4. The van der Waals surface area contributed by atoms with Crippen LogP contribution in [0.25, 0.3) is 0 Å². The first-order valence-corrected chi connectivity index (χ1v) is 7.10. The lowest BCUT2D eigenvalue weighted by atomic mass is 9.85. The number of rotatable bonds is 3. The third-order valence-electron chi connectivity index (χ3n) is 4.01. The van der Waals surface area contributed by atoms with Crippen molar-refractivity contribution in [2.45, 2.75) is 26.7 Å². The minimum atomic E-state index is -0.411. The van der Waals surface area contributed by atoms with Crippen LogP contribution in [0.5, 0.6) is 0 Å². The Balaban J connectivity index is 0.00000192. The molecule has 0 radical (unpaired) electrons. The lowest BCUT2D eigenvalue weighted by Gasteiger charge is -2.16. The van der Waals surface area contributed by atoms with Crippen LogP contribution in [0.1, 0.15) is 39.6 Å². The predicted octanol–water partition coefficient (Wildman–Crippen LogP) is 2.25. The molecule has 0 atom stereocenters. The Morgan fingerprint density at radius 1 is 0.739 bits per heavy atom. The fraction of sp³-hybridized carbons (Fsp3) is 0.250. The van der Waals surface area contributed by atoms with Crippen LogP contribution in [0.3, 0.4) is 0 Å². The van der Waals surface area contributed by atoms with E-state index in [0.29, 0.717) is 11.1 Å². The number of aromatic nitrogens is 4. The van der Waals surface area contributed by atoms with Crippen molar-refractivity contribution in [3.05, 3.63) is 78.6 Å². The summed E-state index contributed by atoms with van der Waals surface area (Å²) in [6.07, 6.45) is 0. The Morgan fingerprint density at radius 3 is 1.52 bits per heavy atom. The second kappa shape index (κ2) is 6.34. The Hall–Kier alpha value is -2.47. The highest BCUT2D eigenvalue weighted by Gasteiger charge is 2.27. The van der Waals surface area contributed by atoms with E-state index in [0.717, 1.165) is 22.5 Å². The van der Waals surface area contributed by atoms with E-state index >= 15 is 0 Å². The summed E-state index contributed by atoms with van der Waals surface area (Å²) in [5.41, 5.74) is 4.22. The standard InChI is InChI=1S/C16H18N4O2.ClH/c1-8-4-6-11(7-5-8)14(12-9(2)17-19-15(12)21)13-10(3)18-20-16(13)22;/h4-7,14H,1-3H3,(H2,17,19,21)(H2,18,20,22);1H. The minimum Gasteiger partial charge on any atom is -0.302 e. The first kappa shape index (κ1) is 16.9. The van der Waals surface area contributed by atoms with Crippen molar-refractivity contribution in [3.63, 3.8) is 0 Å². The van der Waals surface area contributed by atoms with Gasteiger partial charge in [0.05, 0.1) is 11.1 Å². The molecule has 0 fully saturated rings. The summed E-state index contributed by atoms with van der Waals surface area (Å²) in [6.45, 7) is 5.65. The summed E-state index contributed by atoms with van der Waals surface area (Å²) in [4.78, 5) is 24.5. The number of H-pyrrole nitrogens is 4. The van der Waals surface area contributed by atoms with Crippen molar-refractivity contribution < 1.29 is 0 Å². The average Bonchev–Trinajstić information content (AvgIpc) is 2.99. The molecular weight excluding hydrogens is 316 g/mol. The van der Waals surface area contributed by atoms with Crippen molar-refractivity contribution >= 4 is 12.4 Å². The first-order chi connectivity index (χ1) is 10.5. The van der Waals surface area contributed by atoms with Crippen molar-refractivity contribution in [2.75, 3.05) is 0 Å². The fourth-order valence-corrected chi connectivity index (χ4v) is 2.84. The first-order valence-electron chi connectivity index (χ1n) is 7.10. The Bertz CT molecular complexity index is 860. The molecule has 0 aliphatic rings. The number of nitrogens with one attached hydrogen (secondary N) is 4. The van der Waals surface area contributed by atoms with E-state index in [9.17, 15) is 9.59 Å². The van der Waals surface area contributed by atoms with Crippen LogP contribution in [0.4, 0.5) is 0 Å². The summed E-state index contributed by atoms with van der Waals surface area (Å²) in [5, 5.41) is 10.9. The van der Waals surface area contributed by atoms with Gasteiger partial charge < -0.3 is 10.2 Å². The SMILES string of the molecule is Cc1ccc(C(c2c(C)[nH][nH]c2=O)c2c(C)[nH][nH]c2=O)cc1.Cl. The number of aryl methyl sites for hydroxylation is 3. The number of hydrogen-bond acceptors (Lipinski definition) is 2. The van der Waals surface area contributed by atoms with Crippen LogP contribution in [0.15, 0.2) is 33.9 Å². The highest BCUT2D eigenvalue weighted by atomic mass is 35.5. The van der Waals surface area contributed by atoms with E-state index in [2.05, 4.69) is 20.4 Å². The molecule has 1 aromatic carbocycles. The van der Waals surface area contributed by atoms with Crippen LogP contribution in [-0.2, 0) is 0 Å². The molecule has 0 unspecified atom stereocenters. The average molecular weight is 335 g/mol. The van der Waals surface area contributed by atoms with Gasteiger partial charge in [0.25, 0.3) is 11.1 Å². The Kier molecular flexibility index (Phi) is 4.65. The van der Waals surface area contributed by atoms with E-state index in [-0.39, 0.29) is 23.5 Å². The van der Waals surface area contributed by atoms with Gasteiger partial charge in [0.15, 0.2) is 0 Å². The molecule has 0 aliphatic heterocycles. The van der Waals surface area contributed by atoms with E-state index in [4.69, 9.17) is 0 Å². The predicted molar refractivity (Wildman–Crippen MR) is 91.7 cm³/mol. The molecule has 2 aromatic heterocycles. The molecule has 0 saturated carbocycles. The molecule has 4 N–H and O–H groups in total. The van der Waals surface area contributed by atoms with Gasteiger partial charge in [-0.15, -0.1) is 12.4 Å². The summed E-state index contributed by atoms with van der Waals surface area (Å²) in [7, 11) is 0. The summed E-state index contributed by atoms with van der Waals surface area (Å²) < 4.78 is 0. The minimum absolute atomic E-state index is 0. The van der Waals surface area contributed by atoms with Gasteiger partial charge in [-0.3, -0.25) is 19.8 Å². The van der Waals surface area contributed by atoms with E-state index < -0.39 is 5.92 Å². The number of aromatic amines is 4. The summed E-state index contributed by atoms with van der Waals surface area (Å²) in [6, 6.07) is 7.87. The third-order valence-corrected chi connectivity index (χ3v) is 4.01. The van der Waals surface area contributed by atoms with Crippen LogP contribution in [0, 0.1) is 20.8 Å². The van der Waals surface area contributed by atoms with Crippen LogP contribution in [-0.4, -0.2) is 20.4 Å². The monoisotopic (exact) mass is 334 g/mol. The van der Waals surface area contributed by atoms with Crippen molar-refractivity contribution in [1.29, 1.82) is 0 Å². The zero-order valence-corrected chi connectivity index (χ0v) is 13.9. The lowest BCUT2D eigenvalue weighted by Crippen LogP contribution is -2.20. The molecule has 3 aromatic rings. The van der Waals surface area contributed by atoms with Crippen LogP contribution < -0.4 is 11.1 Å². The van der Waals surface area contributed by atoms with Gasteiger partial charge in [0.2, 0.25) is 0 Å². The molecule has 7 heteroatoms. The second-order valence-electron chi connectivity index (χ2n) is 5.58. The number of halogens is 1. The molecule has 3 rings (SSSR count). The van der Waals surface area contributed by atoms with Gasteiger partial charge in [0, 0.05) is 17.3 Å². The molecular formula is C16H19ClN4O2. The van der Waals surface area contributed by atoms with E-state index in [1.54, 1.807) is 0 Å². The lowest BCUT2D eigenvalue weighted by molar-refractivity contribution is 0.930. The van der Waals surface area contributed by atoms with E-state index in [1.807, 2.05) is 45.0 Å². The van der Waals surface area contributed by atoms with Crippen molar-refractivity contribution in [3.8, 4) is 0 Å². The van der Waals surface area contributed by atoms with Crippen LogP contribution >= 0.6 is 12.4 Å². The van der Waals surface area contributed by atoms with Gasteiger partial charge in [-0.1, -0.05) is 29.8 Å². The van der Waals surface area contributed by atoms with E-state index in [1.165, 1.54) is 0 Å². The van der Waals surface area contributed by atoms with Gasteiger partial charge in [0.1, 0.15) is 0 Å². The quantitative estimate of drug-likeness (QED) is 0.591. The maximum atomic E-state index is 12.2. The molecule has 6 nitrogen and oxygen atoms in total. The highest BCUT2D eigenvalue weighted by molar-refractivity contribution is 5.85. The zero-order chi connectivity index (χ0) is 15.9. The van der Waals surface area contributed by atoms with Gasteiger partial charge in [-0.05, 0) is 26.3 Å². The van der Waals surface area contributed by atoms with Gasteiger partial charge >= 0.3 is 0 Å². The molecule has 122 valence electrons. The molecule has 0 amide bonds. The molecule has 2 heterocycles. The topological polar surface area (TPSA) is 97.3 Å². The largest absolute Gasteiger partial charge is 0.302 e. The third kappa shape index (κ3) is 2.90. The summed E-state index contributed by atoms with van der Waals surface area (Å²) in [5.74, 6) is -0.411. The summed E-state index contributed by atoms with van der Waals surface area (Å²) >= 11 is 0. The zero-order valence-electron chi connectivity index (χ0n) is 13.1. The highest BCUT2D eigenvalue weighted by Crippen LogP contribution is 2.30. The molecule has 23 heavy (non-hydrogen) atoms. The maximum Gasteiger partial charge on any atom is 0.268 e. The van der Waals surface area contributed by atoms with Gasteiger partial charge in [-0.25, -0.2) is 0 Å². The number of benzene rings is 1. The molecule has 0 aliphatic carbocycles. The maximum absolute atomic E-state index is 12.2.